The second-order valence-electron chi connectivity index (χ2n) is 17.2. The number of aromatic nitrogens is 4. The number of esters is 1. The molecule has 2 amide bonds. The summed E-state index contributed by atoms with van der Waals surface area (Å²) in [4.78, 5) is 53.0. The number of thiazole rings is 1. The first-order chi connectivity index (χ1) is 30.3. The van der Waals surface area contributed by atoms with Crippen molar-refractivity contribution in [2.45, 2.75) is 78.1 Å². The van der Waals surface area contributed by atoms with Crippen LogP contribution in [-0.4, -0.2) is 117 Å². The molecule has 3 aliphatic heterocycles. The quantitative estimate of drug-likeness (QED) is 0.109. The lowest BCUT2D eigenvalue weighted by Gasteiger charge is -2.45. The lowest BCUT2D eigenvalue weighted by atomic mass is 9.91. The predicted molar refractivity (Wildman–Crippen MR) is 238 cm³/mol. The molecule has 63 heavy (non-hydrogen) atoms. The number of likely N-dealkylation sites (tertiary alicyclic amines) is 1. The molecule has 16 nitrogen and oxygen atoms in total. The number of nitrogens with one attached hydrogen (secondary N) is 2. The maximum absolute atomic E-state index is 14.6. The average molecular weight is 878 g/mol. The highest BCUT2D eigenvalue weighted by molar-refractivity contribution is 7.13. The number of phenols is 1. The summed E-state index contributed by atoms with van der Waals surface area (Å²) in [5.74, 6) is -0.866. The maximum atomic E-state index is 14.6. The summed E-state index contributed by atoms with van der Waals surface area (Å²) in [6, 6.07) is 17.8. The molecule has 3 aromatic heterocycles. The van der Waals surface area contributed by atoms with E-state index in [1.807, 2.05) is 75.7 Å². The summed E-state index contributed by atoms with van der Waals surface area (Å²) in [7, 11) is 0. The van der Waals surface area contributed by atoms with Gasteiger partial charge in [0.15, 0.2) is 11.6 Å². The van der Waals surface area contributed by atoms with Crippen molar-refractivity contribution in [1.82, 2.24) is 35.5 Å². The number of nitrogens with zero attached hydrogens (tertiary/aromatic N) is 7. The molecule has 2 saturated heterocycles. The molecule has 0 unspecified atom stereocenters. The second-order valence-corrected chi connectivity index (χ2v) is 18.1. The number of anilines is 2. The highest BCUT2D eigenvalue weighted by Crippen LogP contribution is 2.37. The van der Waals surface area contributed by atoms with Crippen LogP contribution in [0.4, 0.5) is 11.5 Å². The molecule has 0 saturated carbocycles. The third-order valence-corrected chi connectivity index (χ3v) is 13.1. The van der Waals surface area contributed by atoms with Gasteiger partial charge in [-0.1, -0.05) is 64.1 Å². The maximum Gasteiger partial charge on any atom is 0.308 e. The Morgan fingerprint density at radius 2 is 1.81 bits per heavy atom. The molecule has 0 spiro atoms. The van der Waals surface area contributed by atoms with Crippen molar-refractivity contribution >= 4 is 40.6 Å². The van der Waals surface area contributed by atoms with Gasteiger partial charge < -0.3 is 39.5 Å². The second kappa shape index (κ2) is 18.7. The van der Waals surface area contributed by atoms with E-state index in [0.29, 0.717) is 36.7 Å². The van der Waals surface area contributed by atoms with Crippen LogP contribution in [0.1, 0.15) is 70.0 Å². The standard InChI is InChI=1S/C46H55N9O7S/c1-26(2)41(45(58)55-24-33(61-46(59)27(3)4)19-37(55)44(57)49-28(5)30-11-13-31(14-12-30)42-29(6)48-25-63-42)39-21-40(52-62-39)60-18-17-53-15-16-54-32(23-53)22-47-43-36(54)20-35(50-51-43)34-9-7-8-10-38(34)56/h7-14,20-21,25-28,32-33,37,41,56H,15-19,22-24H2,1-6H3,(H,47,51)(H,49,57)/t28-,32+,33+,37-,41+/m0/s1. The molecule has 0 aliphatic carbocycles. The number of rotatable bonds is 14. The van der Waals surface area contributed by atoms with Crippen LogP contribution in [0.25, 0.3) is 21.7 Å². The molecule has 3 N–H and O–H groups in total. The monoisotopic (exact) mass is 877 g/mol. The van der Waals surface area contributed by atoms with Gasteiger partial charge in [0.2, 0.25) is 11.8 Å². The average Bonchev–Trinajstić information content (AvgIpc) is 4.04. The van der Waals surface area contributed by atoms with Gasteiger partial charge in [0.25, 0.3) is 5.88 Å². The van der Waals surface area contributed by atoms with Gasteiger partial charge in [-0.15, -0.1) is 21.5 Å². The topological polar surface area (TPSA) is 188 Å². The molecular formula is C46H55N9O7S. The van der Waals surface area contributed by atoms with Crippen LogP contribution in [0.5, 0.6) is 11.6 Å². The number of piperazine rings is 1. The first kappa shape index (κ1) is 43.6. The van der Waals surface area contributed by atoms with Gasteiger partial charge in [0.05, 0.1) is 52.0 Å². The summed E-state index contributed by atoms with van der Waals surface area (Å²) < 4.78 is 17.7. The number of fused-ring (bicyclic) bond motifs is 3. The Bertz CT molecular complexity index is 2420. The third-order valence-electron chi connectivity index (χ3n) is 12.1. The highest BCUT2D eigenvalue weighted by Gasteiger charge is 2.45. The Labute approximate surface area is 371 Å². The molecule has 2 aromatic carbocycles. The molecule has 5 atom stereocenters. The number of benzene rings is 2. The van der Waals surface area contributed by atoms with Crippen LogP contribution < -0.4 is 20.3 Å². The van der Waals surface area contributed by atoms with Gasteiger partial charge in [-0.3, -0.25) is 19.3 Å². The Morgan fingerprint density at radius 3 is 2.54 bits per heavy atom. The van der Waals surface area contributed by atoms with E-state index in [-0.39, 0.29) is 66.3 Å². The molecule has 5 aromatic rings. The van der Waals surface area contributed by atoms with E-state index in [1.165, 1.54) is 4.90 Å². The molecule has 332 valence electrons. The van der Waals surface area contributed by atoms with Gasteiger partial charge in [-0.05, 0) is 54.2 Å². The van der Waals surface area contributed by atoms with E-state index in [2.05, 4.69) is 40.8 Å². The number of hydrogen-bond donors (Lipinski definition) is 3. The van der Waals surface area contributed by atoms with Gasteiger partial charge in [0, 0.05) is 50.8 Å². The molecule has 6 heterocycles. The van der Waals surface area contributed by atoms with Gasteiger partial charge in [0.1, 0.15) is 30.4 Å². The number of para-hydroxylation sites is 1. The fourth-order valence-electron chi connectivity index (χ4n) is 8.63. The van der Waals surface area contributed by atoms with Crippen LogP contribution in [-0.2, 0) is 19.1 Å². The zero-order valence-electron chi connectivity index (χ0n) is 36.5. The molecular weight excluding hydrogens is 823 g/mol. The summed E-state index contributed by atoms with van der Waals surface area (Å²) in [6.07, 6.45) is -0.471. The van der Waals surface area contributed by atoms with Crippen LogP contribution in [0.15, 0.2) is 70.7 Å². The minimum atomic E-state index is -0.871. The lowest BCUT2D eigenvalue weighted by molar-refractivity contribution is -0.153. The molecule has 0 radical (unpaired) electrons. The number of carbonyl (C=O) groups is 3. The fourth-order valence-corrected chi connectivity index (χ4v) is 9.44. The number of hydrogen-bond acceptors (Lipinski definition) is 15. The minimum Gasteiger partial charge on any atom is -0.507 e. The zero-order chi connectivity index (χ0) is 44.4. The molecule has 2 fully saturated rings. The fraction of sp³-hybridized carbons (Fsp3) is 0.457. The van der Waals surface area contributed by atoms with Crippen molar-refractivity contribution in [2.75, 3.05) is 56.1 Å². The van der Waals surface area contributed by atoms with Gasteiger partial charge >= 0.3 is 5.97 Å². The summed E-state index contributed by atoms with van der Waals surface area (Å²) in [6.45, 7) is 15.4. The van der Waals surface area contributed by atoms with Gasteiger partial charge in [-0.25, -0.2) is 4.98 Å². The lowest BCUT2D eigenvalue weighted by Crippen LogP contribution is -2.58. The molecule has 0 bridgehead atoms. The van der Waals surface area contributed by atoms with Crippen LogP contribution in [0, 0.1) is 18.8 Å². The number of carbonyl (C=O) groups excluding carboxylic acids is 3. The summed E-state index contributed by atoms with van der Waals surface area (Å²) in [5.41, 5.74) is 6.98. The highest BCUT2D eigenvalue weighted by atomic mass is 32.1. The largest absolute Gasteiger partial charge is 0.507 e. The van der Waals surface area contributed by atoms with E-state index in [4.69, 9.17) is 14.0 Å². The number of aromatic hydroxyl groups is 1. The number of phenolic OH excluding ortho intramolecular Hbond substituents is 1. The van der Waals surface area contributed by atoms with E-state index in [1.54, 1.807) is 43.4 Å². The van der Waals surface area contributed by atoms with Gasteiger partial charge in [-0.2, -0.15) is 0 Å². The van der Waals surface area contributed by atoms with Crippen molar-refractivity contribution in [3.05, 3.63) is 83.2 Å². The molecule has 17 heteroatoms. The first-order valence-corrected chi connectivity index (χ1v) is 22.5. The van der Waals surface area contributed by atoms with Crippen molar-refractivity contribution in [2.24, 2.45) is 11.8 Å². The molecule has 8 rings (SSSR count). The summed E-state index contributed by atoms with van der Waals surface area (Å²) in [5, 5.41) is 29.9. The Hall–Kier alpha value is -6.07. The Kier molecular flexibility index (Phi) is 13.0. The predicted octanol–water partition coefficient (Wildman–Crippen LogP) is 6.05. The normalized spacial score (nSPS) is 19.6. The van der Waals surface area contributed by atoms with E-state index < -0.39 is 18.1 Å². The van der Waals surface area contributed by atoms with Crippen LogP contribution in [0.3, 0.4) is 0 Å². The number of aryl methyl sites for hydroxylation is 1. The minimum absolute atomic E-state index is 0.0773. The van der Waals surface area contributed by atoms with Crippen molar-refractivity contribution < 1.29 is 33.5 Å². The molecule has 3 aliphatic rings. The third kappa shape index (κ3) is 9.49. The van der Waals surface area contributed by atoms with E-state index in [9.17, 15) is 19.5 Å². The van der Waals surface area contributed by atoms with Crippen LogP contribution >= 0.6 is 11.3 Å². The number of amides is 2. The first-order valence-electron chi connectivity index (χ1n) is 21.6. The number of ether oxygens (including phenoxy) is 2. The van der Waals surface area contributed by atoms with Crippen molar-refractivity contribution in [1.29, 1.82) is 0 Å². The van der Waals surface area contributed by atoms with Crippen molar-refractivity contribution in [3.63, 3.8) is 0 Å². The zero-order valence-corrected chi connectivity index (χ0v) is 37.3. The SMILES string of the molecule is Cc1ncsc1-c1ccc([C@H](C)NC(=O)[C@@H]2C[C@@H](OC(=O)C(C)C)CN2C(=O)[C@@H](c2cc(OCCN3CCN4c5cc(-c6ccccc6O)nnc5NC[C@@H]4C3)no2)C(C)C)cc1. The Morgan fingerprint density at radius 1 is 1.02 bits per heavy atom. The summed E-state index contributed by atoms with van der Waals surface area (Å²) >= 11 is 1.58. The van der Waals surface area contributed by atoms with Crippen molar-refractivity contribution in [3.8, 4) is 33.3 Å². The van der Waals surface area contributed by atoms with E-state index in [0.717, 1.165) is 52.8 Å². The van der Waals surface area contributed by atoms with Crippen LogP contribution in [0.2, 0.25) is 0 Å². The van der Waals surface area contributed by atoms with E-state index >= 15 is 0 Å². The smallest absolute Gasteiger partial charge is 0.308 e. The Balaban J connectivity index is 0.893.